The van der Waals surface area contributed by atoms with Crippen molar-refractivity contribution in [3.63, 3.8) is 0 Å². The second-order valence-electron chi connectivity index (χ2n) is 7.43. The zero-order valence-electron chi connectivity index (χ0n) is 15.4. The molecule has 0 bridgehead atoms. The van der Waals surface area contributed by atoms with Gasteiger partial charge in [0, 0.05) is 24.3 Å². The summed E-state index contributed by atoms with van der Waals surface area (Å²) in [6.07, 6.45) is 6.00. The predicted octanol–water partition coefficient (Wildman–Crippen LogP) is 2.79. The molecule has 3 aromatic rings. The minimum Gasteiger partial charge on any atom is -0.321 e. The van der Waals surface area contributed by atoms with E-state index in [9.17, 15) is 13.2 Å². The van der Waals surface area contributed by atoms with Gasteiger partial charge in [0.1, 0.15) is 5.82 Å². The molecular formula is C20H20N4O3S. The zero-order valence-corrected chi connectivity index (χ0v) is 16.2. The zero-order chi connectivity index (χ0) is 19.5. The van der Waals surface area contributed by atoms with Crippen LogP contribution in [0.3, 0.4) is 0 Å². The molecule has 2 aromatic heterocycles. The highest BCUT2D eigenvalue weighted by Gasteiger charge is 2.31. The molecular weight excluding hydrogens is 376 g/mol. The minimum atomic E-state index is -3.29. The Balaban J connectivity index is 1.45. The number of anilines is 2. The first-order chi connectivity index (χ1) is 13.4. The third kappa shape index (κ3) is 2.84. The van der Waals surface area contributed by atoms with Gasteiger partial charge in [-0.2, -0.15) is 0 Å². The van der Waals surface area contributed by atoms with Gasteiger partial charge >= 0.3 is 0 Å². The van der Waals surface area contributed by atoms with Gasteiger partial charge in [0.05, 0.1) is 17.5 Å². The highest BCUT2D eigenvalue weighted by Crippen LogP contribution is 2.40. The van der Waals surface area contributed by atoms with Crippen molar-refractivity contribution in [2.75, 3.05) is 22.4 Å². The molecule has 28 heavy (non-hydrogen) atoms. The number of carbonyl (C=O) groups is 1. The van der Waals surface area contributed by atoms with Crippen LogP contribution in [0.25, 0.3) is 5.52 Å². The van der Waals surface area contributed by atoms with E-state index in [-0.39, 0.29) is 5.91 Å². The SMILES string of the molecule is CS(=O)(=O)N1CCc2cc(NC(=O)c3nc(C4CC4)n4ccccc34)ccc21. The second-order valence-corrected chi connectivity index (χ2v) is 9.34. The number of fused-ring (bicyclic) bond motifs is 2. The van der Waals surface area contributed by atoms with E-state index in [1.54, 1.807) is 12.1 Å². The van der Waals surface area contributed by atoms with E-state index < -0.39 is 10.0 Å². The molecule has 1 fully saturated rings. The van der Waals surface area contributed by atoms with E-state index >= 15 is 0 Å². The van der Waals surface area contributed by atoms with Crippen LogP contribution < -0.4 is 9.62 Å². The number of aromatic nitrogens is 2. The number of sulfonamides is 1. The molecule has 144 valence electrons. The summed E-state index contributed by atoms with van der Waals surface area (Å²) in [5.41, 5.74) is 3.46. The third-order valence-corrected chi connectivity index (χ3v) is 6.50. The number of nitrogens with zero attached hydrogens (tertiary/aromatic N) is 3. The van der Waals surface area contributed by atoms with Gasteiger partial charge in [-0.25, -0.2) is 13.4 Å². The molecule has 1 aromatic carbocycles. The monoisotopic (exact) mass is 396 g/mol. The Kier molecular flexibility index (Phi) is 3.74. The number of rotatable bonds is 4. The van der Waals surface area contributed by atoms with Gasteiger partial charge in [0.15, 0.2) is 5.69 Å². The molecule has 1 saturated carbocycles. The van der Waals surface area contributed by atoms with E-state index in [4.69, 9.17) is 0 Å². The van der Waals surface area contributed by atoms with Crippen LogP contribution in [0.15, 0.2) is 42.6 Å². The summed E-state index contributed by atoms with van der Waals surface area (Å²) in [6.45, 7) is 0.433. The van der Waals surface area contributed by atoms with Crippen LogP contribution in [-0.2, 0) is 16.4 Å². The quantitative estimate of drug-likeness (QED) is 0.735. The van der Waals surface area contributed by atoms with Crippen LogP contribution in [0.5, 0.6) is 0 Å². The summed E-state index contributed by atoms with van der Waals surface area (Å²) in [7, 11) is -3.29. The van der Waals surface area contributed by atoms with E-state index in [1.165, 1.54) is 10.6 Å². The summed E-state index contributed by atoms with van der Waals surface area (Å²) in [5, 5.41) is 2.92. The van der Waals surface area contributed by atoms with Gasteiger partial charge in [-0.1, -0.05) is 6.07 Å². The van der Waals surface area contributed by atoms with Crippen LogP contribution in [0, 0.1) is 0 Å². The number of carbonyl (C=O) groups excluding carboxylic acids is 1. The van der Waals surface area contributed by atoms with Crippen molar-refractivity contribution >= 4 is 32.8 Å². The average Bonchev–Trinajstić information content (AvgIpc) is 3.28. The smallest absolute Gasteiger partial charge is 0.276 e. The second kappa shape index (κ2) is 6.07. The van der Waals surface area contributed by atoms with E-state index in [0.717, 1.165) is 29.7 Å². The molecule has 5 rings (SSSR count). The van der Waals surface area contributed by atoms with Gasteiger partial charge < -0.3 is 9.72 Å². The number of benzene rings is 1. The van der Waals surface area contributed by atoms with E-state index in [0.29, 0.717) is 36.0 Å². The lowest BCUT2D eigenvalue weighted by molar-refractivity contribution is 0.102. The molecule has 8 heteroatoms. The minimum absolute atomic E-state index is 0.256. The fraction of sp³-hybridized carbons (Fsp3) is 0.300. The Morgan fingerprint density at radius 3 is 2.79 bits per heavy atom. The van der Waals surface area contributed by atoms with Gasteiger partial charge in [0.2, 0.25) is 10.0 Å². The van der Waals surface area contributed by atoms with Crippen LogP contribution in [0.1, 0.15) is 40.6 Å². The predicted molar refractivity (Wildman–Crippen MR) is 107 cm³/mol. The Morgan fingerprint density at radius 2 is 2.04 bits per heavy atom. The fourth-order valence-electron chi connectivity index (χ4n) is 3.84. The Morgan fingerprint density at radius 1 is 1.21 bits per heavy atom. The fourth-order valence-corrected chi connectivity index (χ4v) is 4.80. The molecule has 0 spiro atoms. The molecule has 7 nitrogen and oxygen atoms in total. The molecule has 1 aliphatic carbocycles. The number of imidazole rings is 1. The standard InChI is InChI=1S/C20H20N4O3S/c1-28(26,27)24-11-9-14-12-15(7-8-16(14)24)21-20(25)18-17-4-2-3-10-23(17)19(22-18)13-5-6-13/h2-4,7-8,10,12-13H,5-6,9,11H2,1H3,(H,21,25). The van der Waals surface area contributed by atoms with Gasteiger partial charge in [-0.05, 0) is 55.2 Å². The maximum absolute atomic E-state index is 12.9. The first-order valence-corrected chi connectivity index (χ1v) is 11.2. The van der Waals surface area contributed by atoms with Crippen molar-refractivity contribution in [2.45, 2.75) is 25.2 Å². The largest absolute Gasteiger partial charge is 0.321 e. The number of pyridine rings is 1. The number of hydrogen-bond donors (Lipinski definition) is 1. The molecule has 1 amide bonds. The summed E-state index contributed by atoms with van der Waals surface area (Å²) in [4.78, 5) is 17.5. The highest BCUT2D eigenvalue weighted by molar-refractivity contribution is 7.92. The van der Waals surface area contributed by atoms with Crippen LogP contribution >= 0.6 is 0 Å². The molecule has 1 aliphatic heterocycles. The number of hydrogen-bond acceptors (Lipinski definition) is 4. The molecule has 2 aliphatic rings. The van der Waals surface area contributed by atoms with Crippen molar-refractivity contribution in [1.82, 2.24) is 9.38 Å². The Bertz CT molecular complexity index is 1210. The highest BCUT2D eigenvalue weighted by atomic mass is 32.2. The van der Waals surface area contributed by atoms with Gasteiger partial charge in [0.25, 0.3) is 5.91 Å². The molecule has 0 radical (unpaired) electrons. The molecule has 0 unspecified atom stereocenters. The number of amides is 1. The number of nitrogens with one attached hydrogen (secondary N) is 1. The topological polar surface area (TPSA) is 83.8 Å². The normalized spacial score (nSPS) is 16.4. The van der Waals surface area contributed by atoms with Crippen molar-refractivity contribution in [2.24, 2.45) is 0 Å². The van der Waals surface area contributed by atoms with E-state index in [2.05, 4.69) is 10.3 Å². The first-order valence-electron chi connectivity index (χ1n) is 9.31. The van der Waals surface area contributed by atoms with Crippen molar-refractivity contribution in [1.29, 1.82) is 0 Å². The van der Waals surface area contributed by atoms with E-state index in [1.807, 2.05) is 34.9 Å². The maximum atomic E-state index is 12.9. The van der Waals surface area contributed by atoms with Crippen LogP contribution in [0.2, 0.25) is 0 Å². The van der Waals surface area contributed by atoms with Crippen LogP contribution in [0.4, 0.5) is 11.4 Å². The van der Waals surface area contributed by atoms with Crippen molar-refractivity contribution < 1.29 is 13.2 Å². The van der Waals surface area contributed by atoms with Gasteiger partial charge in [-0.3, -0.25) is 9.10 Å². The molecule has 0 saturated heterocycles. The van der Waals surface area contributed by atoms with Gasteiger partial charge in [-0.15, -0.1) is 0 Å². The maximum Gasteiger partial charge on any atom is 0.276 e. The Labute approximate surface area is 163 Å². The summed E-state index contributed by atoms with van der Waals surface area (Å²) < 4.78 is 27.2. The lowest BCUT2D eigenvalue weighted by Crippen LogP contribution is -2.27. The van der Waals surface area contributed by atoms with Crippen molar-refractivity contribution in [3.8, 4) is 0 Å². The van der Waals surface area contributed by atoms with Crippen LogP contribution in [-0.4, -0.2) is 36.5 Å². The molecule has 0 atom stereocenters. The van der Waals surface area contributed by atoms with Crippen molar-refractivity contribution in [3.05, 3.63) is 59.7 Å². The lowest BCUT2D eigenvalue weighted by Gasteiger charge is -2.16. The Hall–Kier alpha value is -2.87. The lowest BCUT2D eigenvalue weighted by atomic mass is 10.1. The molecule has 1 N–H and O–H groups in total. The summed E-state index contributed by atoms with van der Waals surface area (Å²) in [5.74, 6) is 1.12. The first kappa shape index (κ1) is 17.2. The summed E-state index contributed by atoms with van der Waals surface area (Å²) in [6, 6.07) is 11.1. The third-order valence-electron chi connectivity index (χ3n) is 5.32. The summed E-state index contributed by atoms with van der Waals surface area (Å²) >= 11 is 0. The molecule has 3 heterocycles. The average molecular weight is 396 g/mol.